The quantitative estimate of drug-likeness (QED) is 0.622. The SMILES string of the molecule is CC1(C)CCCN(c2ccc([N+](=O)[O-])c3cnccc23)C1. The highest BCUT2D eigenvalue weighted by Gasteiger charge is 2.28. The molecule has 0 radical (unpaired) electrons. The number of non-ortho nitro benzene ring substituents is 1. The van der Waals surface area contributed by atoms with Crippen molar-refractivity contribution < 1.29 is 4.92 Å². The third-order valence-corrected chi connectivity index (χ3v) is 4.21. The molecule has 1 saturated heterocycles. The Bertz CT molecular complexity index is 697. The monoisotopic (exact) mass is 285 g/mol. The first-order chi connectivity index (χ1) is 9.98. The fourth-order valence-corrected chi connectivity index (χ4v) is 3.22. The van der Waals surface area contributed by atoms with Crippen LogP contribution in [-0.2, 0) is 0 Å². The lowest BCUT2D eigenvalue weighted by Crippen LogP contribution is -2.40. The summed E-state index contributed by atoms with van der Waals surface area (Å²) in [6, 6.07) is 5.35. The number of hydrogen-bond donors (Lipinski definition) is 0. The third kappa shape index (κ3) is 2.55. The van der Waals surface area contributed by atoms with E-state index in [9.17, 15) is 10.1 Å². The van der Waals surface area contributed by atoms with Gasteiger partial charge >= 0.3 is 0 Å². The van der Waals surface area contributed by atoms with Crippen molar-refractivity contribution in [2.45, 2.75) is 26.7 Å². The number of nitro benzene ring substituents is 1. The Morgan fingerprint density at radius 1 is 1.29 bits per heavy atom. The molecular weight excluding hydrogens is 266 g/mol. The molecule has 1 aromatic carbocycles. The van der Waals surface area contributed by atoms with Crippen molar-refractivity contribution in [3.05, 3.63) is 40.7 Å². The molecule has 1 aliphatic rings. The van der Waals surface area contributed by atoms with Crippen molar-refractivity contribution in [3.63, 3.8) is 0 Å². The highest BCUT2D eigenvalue weighted by Crippen LogP contribution is 2.37. The van der Waals surface area contributed by atoms with Gasteiger partial charge in [0.05, 0.1) is 10.3 Å². The molecule has 0 N–H and O–H groups in total. The normalized spacial score (nSPS) is 17.9. The zero-order chi connectivity index (χ0) is 15.0. The number of anilines is 1. The van der Waals surface area contributed by atoms with Gasteiger partial charge in [-0.1, -0.05) is 13.8 Å². The van der Waals surface area contributed by atoms with Crippen LogP contribution in [0.25, 0.3) is 10.8 Å². The molecule has 0 atom stereocenters. The molecule has 2 heterocycles. The van der Waals surface area contributed by atoms with E-state index in [2.05, 4.69) is 23.7 Å². The van der Waals surface area contributed by atoms with Gasteiger partial charge in [-0.3, -0.25) is 15.1 Å². The summed E-state index contributed by atoms with van der Waals surface area (Å²) in [5.74, 6) is 0. The first-order valence-corrected chi connectivity index (χ1v) is 7.24. The topological polar surface area (TPSA) is 59.3 Å². The van der Waals surface area contributed by atoms with Crippen molar-refractivity contribution in [2.75, 3.05) is 18.0 Å². The van der Waals surface area contributed by atoms with Gasteiger partial charge in [0.25, 0.3) is 5.69 Å². The van der Waals surface area contributed by atoms with Gasteiger partial charge < -0.3 is 4.90 Å². The van der Waals surface area contributed by atoms with E-state index in [0.717, 1.165) is 30.6 Å². The molecule has 2 aromatic rings. The fourth-order valence-electron chi connectivity index (χ4n) is 3.22. The van der Waals surface area contributed by atoms with Gasteiger partial charge in [-0.05, 0) is 30.4 Å². The number of piperidine rings is 1. The van der Waals surface area contributed by atoms with Gasteiger partial charge in [-0.25, -0.2) is 0 Å². The van der Waals surface area contributed by atoms with E-state index in [-0.39, 0.29) is 16.0 Å². The van der Waals surface area contributed by atoms with Gasteiger partial charge in [0.15, 0.2) is 0 Å². The van der Waals surface area contributed by atoms with Crippen LogP contribution in [0.1, 0.15) is 26.7 Å². The Kier molecular flexibility index (Phi) is 3.27. The molecule has 0 unspecified atom stereocenters. The second-order valence-corrected chi connectivity index (χ2v) is 6.47. The summed E-state index contributed by atoms with van der Waals surface area (Å²) in [5, 5.41) is 12.7. The molecule has 0 amide bonds. The smallest absolute Gasteiger partial charge is 0.278 e. The molecule has 0 saturated carbocycles. The Morgan fingerprint density at radius 3 is 2.81 bits per heavy atom. The van der Waals surface area contributed by atoms with Crippen LogP contribution in [0.15, 0.2) is 30.6 Å². The van der Waals surface area contributed by atoms with E-state index in [1.54, 1.807) is 18.5 Å². The zero-order valence-electron chi connectivity index (χ0n) is 12.4. The Hall–Kier alpha value is -2.17. The van der Waals surface area contributed by atoms with Gasteiger partial charge in [0, 0.05) is 42.6 Å². The van der Waals surface area contributed by atoms with Crippen LogP contribution < -0.4 is 4.90 Å². The standard InChI is InChI=1S/C16H19N3O2/c1-16(2)7-3-9-18(11-16)14-4-5-15(19(20)21)13-10-17-8-6-12(13)14/h4-6,8,10H,3,7,9,11H2,1-2H3. The summed E-state index contributed by atoms with van der Waals surface area (Å²) < 4.78 is 0. The molecule has 1 aromatic heterocycles. The predicted octanol–water partition coefficient (Wildman–Crippen LogP) is 3.77. The number of nitro groups is 1. The number of benzene rings is 1. The molecule has 3 rings (SSSR count). The van der Waals surface area contributed by atoms with E-state index in [1.807, 2.05) is 12.1 Å². The van der Waals surface area contributed by atoms with Crippen LogP contribution in [0, 0.1) is 15.5 Å². The maximum absolute atomic E-state index is 11.2. The van der Waals surface area contributed by atoms with Crippen LogP contribution in [0.2, 0.25) is 0 Å². The molecule has 0 aliphatic carbocycles. The molecule has 0 spiro atoms. The summed E-state index contributed by atoms with van der Waals surface area (Å²) in [5.41, 5.74) is 1.48. The third-order valence-electron chi connectivity index (χ3n) is 4.21. The second-order valence-electron chi connectivity index (χ2n) is 6.47. The van der Waals surface area contributed by atoms with E-state index in [4.69, 9.17) is 0 Å². The van der Waals surface area contributed by atoms with Gasteiger partial charge in [0.1, 0.15) is 0 Å². The lowest BCUT2D eigenvalue weighted by Gasteiger charge is -2.39. The maximum atomic E-state index is 11.2. The molecule has 5 nitrogen and oxygen atoms in total. The molecule has 0 bridgehead atoms. The average molecular weight is 285 g/mol. The first kappa shape index (κ1) is 13.8. The highest BCUT2D eigenvalue weighted by atomic mass is 16.6. The minimum atomic E-state index is -0.339. The zero-order valence-corrected chi connectivity index (χ0v) is 12.4. The van der Waals surface area contributed by atoms with E-state index < -0.39 is 0 Å². The largest absolute Gasteiger partial charge is 0.370 e. The van der Waals surface area contributed by atoms with Crippen molar-refractivity contribution in [2.24, 2.45) is 5.41 Å². The summed E-state index contributed by atoms with van der Waals surface area (Å²) >= 11 is 0. The van der Waals surface area contributed by atoms with Crippen LogP contribution in [-0.4, -0.2) is 23.0 Å². The Labute approximate surface area is 123 Å². The molecule has 110 valence electrons. The molecular formula is C16H19N3O2. The minimum Gasteiger partial charge on any atom is -0.370 e. The lowest BCUT2D eigenvalue weighted by molar-refractivity contribution is -0.383. The Morgan fingerprint density at radius 2 is 2.10 bits per heavy atom. The number of hydrogen-bond acceptors (Lipinski definition) is 4. The number of aromatic nitrogens is 1. The van der Waals surface area contributed by atoms with Crippen LogP contribution >= 0.6 is 0 Å². The lowest BCUT2D eigenvalue weighted by atomic mass is 9.84. The maximum Gasteiger partial charge on any atom is 0.278 e. The Balaban J connectivity index is 2.12. The number of pyridine rings is 1. The van der Waals surface area contributed by atoms with Crippen molar-refractivity contribution in [1.29, 1.82) is 0 Å². The molecule has 1 fully saturated rings. The number of fused-ring (bicyclic) bond motifs is 1. The summed E-state index contributed by atoms with van der Waals surface area (Å²) in [4.78, 5) is 17.2. The van der Waals surface area contributed by atoms with Crippen molar-refractivity contribution in [3.8, 4) is 0 Å². The van der Waals surface area contributed by atoms with Crippen LogP contribution in [0.5, 0.6) is 0 Å². The van der Waals surface area contributed by atoms with E-state index in [0.29, 0.717) is 5.39 Å². The molecule has 21 heavy (non-hydrogen) atoms. The second kappa shape index (κ2) is 4.98. The average Bonchev–Trinajstić information content (AvgIpc) is 2.44. The van der Waals surface area contributed by atoms with Crippen LogP contribution in [0.4, 0.5) is 11.4 Å². The first-order valence-electron chi connectivity index (χ1n) is 7.24. The van der Waals surface area contributed by atoms with Crippen molar-refractivity contribution in [1.82, 2.24) is 4.98 Å². The number of rotatable bonds is 2. The van der Waals surface area contributed by atoms with E-state index >= 15 is 0 Å². The van der Waals surface area contributed by atoms with Crippen LogP contribution in [0.3, 0.4) is 0 Å². The van der Waals surface area contributed by atoms with Gasteiger partial charge in [0.2, 0.25) is 0 Å². The van der Waals surface area contributed by atoms with E-state index in [1.165, 1.54) is 6.42 Å². The number of nitrogens with zero attached hydrogens (tertiary/aromatic N) is 3. The summed E-state index contributed by atoms with van der Waals surface area (Å²) in [7, 11) is 0. The minimum absolute atomic E-state index is 0.123. The van der Waals surface area contributed by atoms with Crippen molar-refractivity contribution >= 4 is 22.1 Å². The summed E-state index contributed by atoms with van der Waals surface area (Å²) in [6.45, 7) is 6.52. The fraction of sp³-hybridized carbons (Fsp3) is 0.438. The summed E-state index contributed by atoms with van der Waals surface area (Å²) in [6.07, 6.45) is 5.66. The predicted molar refractivity (Wildman–Crippen MR) is 83.6 cm³/mol. The highest BCUT2D eigenvalue weighted by molar-refractivity contribution is 5.99. The van der Waals surface area contributed by atoms with Gasteiger partial charge in [-0.15, -0.1) is 0 Å². The molecule has 1 aliphatic heterocycles. The molecule has 5 heteroatoms. The van der Waals surface area contributed by atoms with Gasteiger partial charge in [-0.2, -0.15) is 0 Å².